The van der Waals surface area contributed by atoms with Crippen LogP contribution in [0.5, 0.6) is 0 Å². The second kappa shape index (κ2) is 9.91. The van der Waals surface area contributed by atoms with Crippen molar-refractivity contribution in [1.82, 2.24) is 9.97 Å². The number of nitrogens with zero attached hydrogens (tertiary/aromatic N) is 2. The highest BCUT2D eigenvalue weighted by Gasteiger charge is 2.18. The molecule has 40 heavy (non-hydrogen) atoms. The Morgan fingerprint density at radius 1 is 0.425 bits per heavy atom. The molecule has 0 aliphatic heterocycles. The fraction of sp³-hybridized carbons (Fsp3) is 0.0526. The third-order valence-corrected chi connectivity index (χ3v) is 7.93. The van der Waals surface area contributed by atoms with Gasteiger partial charge in [-0.2, -0.15) is 0 Å². The summed E-state index contributed by atoms with van der Waals surface area (Å²) in [5, 5.41) is 5.06. The van der Waals surface area contributed by atoms with E-state index in [1.54, 1.807) is 0 Å². The van der Waals surface area contributed by atoms with Crippen molar-refractivity contribution in [1.29, 1.82) is 0 Å². The molecular weight excluding hydrogens is 484 g/mol. The molecule has 0 amide bonds. The molecule has 0 N–H and O–H groups in total. The topological polar surface area (TPSA) is 25.8 Å². The van der Waals surface area contributed by atoms with E-state index in [9.17, 15) is 0 Å². The van der Waals surface area contributed by atoms with Gasteiger partial charge < -0.3 is 0 Å². The van der Waals surface area contributed by atoms with Crippen LogP contribution < -0.4 is 0 Å². The summed E-state index contributed by atoms with van der Waals surface area (Å²) >= 11 is 0. The van der Waals surface area contributed by atoms with Crippen molar-refractivity contribution in [2.45, 2.75) is 13.8 Å². The van der Waals surface area contributed by atoms with E-state index in [0.29, 0.717) is 0 Å². The van der Waals surface area contributed by atoms with Crippen molar-refractivity contribution >= 4 is 21.5 Å². The molecule has 190 valence electrons. The van der Waals surface area contributed by atoms with Crippen LogP contribution in [0.3, 0.4) is 0 Å². The Morgan fingerprint density at radius 2 is 1.00 bits per heavy atom. The number of hydrogen-bond donors (Lipinski definition) is 0. The number of pyridine rings is 2. The molecule has 0 saturated carbocycles. The predicted molar refractivity (Wildman–Crippen MR) is 168 cm³/mol. The zero-order chi connectivity index (χ0) is 27.1. The van der Waals surface area contributed by atoms with Crippen LogP contribution in [0.25, 0.3) is 66.1 Å². The zero-order valence-electron chi connectivity index (χ0n) is 22.6. The average molecular weight is 513 g/mol. The van der Waals surface area contributed by atoms with Crippen molar-refractivity contribution in [3.05, 3.63) is 145 Å². The van der Waals surface area contributed by atoms with E-state index in [1.165, 1.54) is 71.6 Å². The minimum Gasteiger partial charge on any atom is -0.265 e. The molecule has 0 saturated heterocycles. The number of benzene rings is 5. The molecular formula is C38H28N2. The molecule has 0 unspecified atom stereocenters. The van der Waals surface area contributed by atoms with Gasteiger partial charge in [0, 0.05) is 29.8 Å². The molecule has 0 radical (unpaired) electrons. The van der Waals surface area contributed by atoms with Gasteiger partial charge >= 0.3 is 0 Å². The largest absolute Gasteiger partial charge is 0.265 e. The summed E-state index contributed by atoms with van der Waals surface area (Å²) < 4.78 is 0. The van der Waals surface area contributed by atoms with E-state index in [1.807, 2.05) is 24.7 Å². The van der Waals surface area contributed by atoms with Gasteiger partial charge in [0.15, 0.2) is 0 Å². The van der Waals surface area contributed by atoms with Gasteiger partial charge in [-0.05, 0) is 98.1 Å². The Hall–Kier alpha value is -5.08. The van der Waals surface area contributed by atoms with Crippen molar-refractivity contribution in [3.8, 4) is 44.5 Å². The number of hydrogen-bond acceptors (Lipinski definition) is 2. The maximum Gasteiger partial charge on any atom is 0.0450 e. The second-order valence-electron chi connectivity index (χ2n) is 10.3. The lowest BCUT2D eigenvalue weighted by Crippen LogP contribution is -1.93. The van der Waals surface area contributed by atoms with Crippen LogP contribution >= 0.6 is 0 Å². The highest BCUT2D eigenvalue weighted by atomic mass is 14.7. The molecule has 0 aliphatic rings. The van der Waals surface area contributed by atoms with Crippen molar-refractivity contribution in [2.24, 2.45) is 0 Å². The summed E-state index contributed by atoms with van der Waals surface area (Å²) in [6.45, 7) is 4.28. The van der Waals surface area contributed by atoms with E-state index in [2.05, 4.69) is 133 Å². The molecule has 0 bridgehead atoms. The molecule has 5 aromatic carbocycles. The van der Waals surface area contributed by atoms with Gasteiger partial charge in [-0.1, -0.05) is 97.1 Å². The van der Waals surface area contributed by atoms with Gasteiger partial charge in [-0.25, -0.2) is 0 Å². The number of aromatic nitrogens is 2. The Bertz CT molecular complexity index is 1950. The molecule has 0 aliphatic carbocycles. The summed E-state index contributed by atoms with van der Waals surface area (Å²) in [6.07, 6.45) is 5.55. The average Bonchev–Trinajstić information content (AvgIpc) is 3.01. The normalized spacial score (nSPS) is 11.2. The third-order valence-electron chi connectivity index (χ3n) is 7.93. The monoisotopic (exact) mass is 512 g/mol. The standard InChI is InChI=1S/C38H28N2/c1-25-24-30(27-19-22-39-23-20-27)17-18-31(25)38-35-10-5-3-8-33(35)37(34-9-4-6-11-36(34)38)29-15-13-28(14-16-29)32-12-7-21-40-26(32)2/h3-24H,1-2H3. The van der Waals surface area contributed by atoms with Crippen molar-refractivity contribution in [2.75, 3.05) is 0 Å². The van der Waals surface area contributed by atoms with E-state index in [0.717, 1.165) is 5.69 Å². The predicted octanol–water partition coefficient (Wildman–Crippen LogP) is 10.1. The summed E-state index contributed by atoms with van der Waals surface area (Å²) in [4.78, 5) is 8.66. The summed E-state index contributed by atoms with van der Waals surface area (Å²) in [7, 11) is 0. The van der Waals surface area contributed by atoms with Gasteiger partial charge in [0.1, 0.15) is 0 Å². The Labute approximate surface area is 234 Å². The van der Waals surface area contributed by atoms with Gasteiger partial charge in [0.2, 0.25) is 0 Å². The van der Waals surface area contributed by atoms with Crippen LogP contribution in [0.15, 0.2) is 134 Å². The first-order valence-corrected chi connectivity index (χ1v) is 13.7. The lowest BCUT2D eigenvalue weighted by atomic mass is 9.84. The lowest BCUT2D eigenvalue weighted by Gasteiger charge is -2.19. The first-order chi connectivity index (χ1) is 19.7. The second-order valence-corrected chi connectivity index (χ2v) is 10.3. The maximum absolute atomic E-state index is 4.48. The quantitative estimate of drug-likeness (QED) is 0.219. The lowest BCUT2D eigenvalue weighted by molar-refractivity contribution is 1.20. The summed E-state index contributed by atoms with van der Waals surface area (Å²) in [5.41, 5.74) is 12.1. The first kappa shape index (κ1) is 24.0. The molecule has 2 heterocycles. The maximum atomic E-state index is 4.48. The number of aryl methyl sites for hydroxylation is 2. The number of fused-ring (bicyclic) bond motifs is 2. The fourth-order valence-corrected chi connectivity index (χ4v) is 6.00. The van der Waals surface area contributed by atoms with Crippen LogP contribution in [0.4, 0.5) is 0 Å². The first-order valence-electron chi connectivity index (χ1n) is 13.7. The zero-order valence-corrected chi connectivity index (χ0v) is 22.6. The third kappa shape index (κ3) is 4.06. The van der Waals surface area contributed by atoms with Crippen molar-refractivity contribution < 1.29 is 0 Å². The van der Waals surface area contributed by atoms with E-state index >= 15 is 0 Å². The van der Waals surface area contributed by atoms with Crippen LogP contribution in [0.1, 0.15) is 11.3 Å². The fourth-order valence-electron chi connectivity index (χ4n) is 6.00. The molecule has 7 rings (SSSR count). The molecule has 0 fully saturated rings. The summed E-state index contributed by atoms with van der Waals surface area (Å²) in [6, 6.07) is 41.7. The van der Waals surface area contributed by atoms with Gasteiger partial charge in [-0.3, -0.25) is 9.97 Å². The van der Waals surface area contributed by atoms with Crippen LogP contribution in [-0.2, 0) is 0 Å². The Balaban J connectivity index is 1.45. The van der Waals surface area contributed by atoms with Gasteiger partial charge in [0.05, 0.1) is 0 Å². The minimum absolute atomic E-state index is 1.04. The Kier molecular flexibility index (Phi) is 5.94. The molecule has 7 aromatic rings. The number of rotatable bonds is 4. The molecule has 0 atom stereocenters. The smallest absolute Gasteiger partial charge is 0.0450 e. The molecule has 2 heteroatoms. The Morgan fingerprint density at radius 3 is 1.60 bits per heavy atom. The summed E-state index contributed by atoms with van der Waals surface area (Å²) in [5.74, 6) is 0. The molecule has 2 aromatic heterocycles. The van der Waals surface area contributed by atoms with E-state index in [-0.39, 0.29) is 0 Å². The van der Waals surface area contributed by atoms with Gasteiger partial charge in [-0.15, -0.1) is 0 Å². The van der Waals surface area contributed by atoms with Crippen molar-refractivity contribution in [3.63, 3.8) is 0 Å². The van der Waals surface area contributed by atoms with Crippen LogP contribution in [-0.4, -0.2) is 9.97 Å². The van der Waals surface area contributed by atoms with Gasteiger partial charge in [0.25, 0.3) is 0 Å². The molecule has 2 nitrogen and oxygen atoms in total. The van der Waals surface area contributed by atoms with Crippen LogP contribution in [0.2, 0.25) is 0 Å². The molecule has 0 spiro atoms. The van der Waals surface area contributed by atoms with Crippen LogP contribution in [0, 0.1) is 13.8 Å². The highest BCUT2D eigenvalue weighted by molar-refractivity contribution is 6.21. The minimum atomic E-state index is 1.04. The SMILES string of the molecule is Cc1cc(-c2ccncc2)ccc1-c1c2ccccc2c(-c2ccc(-c3cccnc3C)cc2)c2ccccc12. The highest BCUT2D eigenvalue weighted by Crippen LogP contribution is 2.45. The van der Waals surface area contributed by atoms with E-state index in [4.69, 9.17) is 0 Å². The van der Waals surface area contributed by atoms with E-state index < -0.39 is 0 Å².